The van der Waals surface area contributed by atoms with Gasteiger partial charge in [0.15, 0.2) is 0 Å². The molecule has 2 nitrogen and oxygen atoms in total. The number of para-hydroxylation sites is 2. The van der Waals surface area contributed by atoms with Gasteiger partial charge in [-0.15, -0.1) is 24.0 Å². The Morgan fingerprint density at radius 2 is 1.31 bits per heavy atom. The molecule has 5 unspecified atom stereocenters. The van der Waals surface area contributed by atoms with Crippen molar-refractivity contribution in [3.05, 3.63) is 143 Å². The van der Waals surface area contributed by atoms with Crippen molar-refractivity contribution in [1.29, 1.82) is 0 Å². The summed E-state index contributed by atoms with van der Waals surface area (Å²) in [6.45, 7) is 7.11. The first-order valence-electron chi connectivity index (χ1n) is 17.9. The SMILES string of the molecule is CC(C)(C)c1cc(C23CC4CC(CC(C4)C2CP)C3)c(C(P)(c2ccc3ccccc3n2)c2ccc3ccccc3n2)[cH-]1.[Fe+2].c1cc[cH-]c1. The molecule has 4 saturated carbocycles. The average Bonchev–Trinajstić information content (AvgIpc) is 3.82. The fraction of sp³-hybridized carbons (Fsp3) is 0.364. The van der Waals surface area contributed by atoms with E-state index in [0.29, 0.717) is 5.92 Å². The molecule has 0 radical (unpaired) electrons. The van der Waals surface area contributed by atoms with Crippen LogP contribution in [0.2, 0.25) is 0 Å². The third-order valence-electron chi connectivity index (χ3n) is 12.1. The Kier molecular flexibility index (Phi) is 9.56. The van der Waals surface area contributed by atoms with Crippen LogP contribution in [-0.4, -0.2) is 16.1 Å². The number of fused-ring (bicyclic) bond motifs is 2. The van der Waals surface area contributed by atoms with Crippen molar-refractivity contribution >= 4 is 40.3 Å². The summed E-state index contributed by atoms with van der Waals surface area (Å²) in [7, 11) is 6.52. The molecule has 4 aliphatic rings. The molecule has 0 N–H and O–H groups in total. The Hall–Kier alpha value is -2.66. The van der Waals surface area contributed by atoms with E-state index in [1.807, 2.05) is 30.3 Å². The molecule has 0 aliphatic heterocycles. The van der Waals surface area contributed by atoms with Crippen molar-refractivity contribution in [2.45, 2.75) is 68.9 Å². The van der Waals surface area contributed by atoms with Gasteiger partial charge < -0.3 is 0 Å². The van der Waals surface area contributed by atoms with Crippen molar-refractivity contribution < 1.29 is 17.1 Å². The number of benzene rings is 2. The molecular formula is C44H48FeN2P2. The van der Waals surface area contributed by atoms with E-state index in [1.54, 1.807) is 5.56 Å². The molecule has 4 aromatic carbocycles. The van der Waals surface area contributed by atoms with Gasteiger partial charge in [0, 0.05) is 10.8 Å². The van der Waals surface area contributed by atoms with Crippen LogP contribution in [0.4, 0.5) is 0 Å². The van der Waals surface area contributed by atoms with Crippen LogP contribution in [0.3, 0.4) is 0 Å². The first-order valence-corrected chi connectivity index (χ1v) is 19.3. The quantitative estimate of drug-likeness (QED) is 0.101. The van der Waals surface area contributed by atoms with Crippen LogP contribution in [0.1, 0.15) is 81.0 Å². The van der Waals surface area contributed by atoms with E-state index in [2.05, 4.69) is 124 Å². The summed E-state index contributed by atoms with van der Waals surface area (Å²) in [4.78, 5) is 10.8. The van der Waals surface area contributed by atoms with Gasteiger partial charge in [0.2, 0.25) is 0 Å². The molecule has 6 aromatic rings. The van der Waals surface area contributed by atoms with Crippen molar-refractivity contribution in [3.63, 3.8) is 0 Å². The molecule has 0 saturated heterocycles. The monoisotopic (exact) mass is 722 g/mol. The Bertz CT molecular complexity index is 1940. The van der Waals surface area contributed by atoms with Gasteiger partial charge in [0.05, 0.1) is 27.6 Å². The Balaban J connectivity index is 0.000000581. The molecule has 0 spiro atoms. The van der Waals surface area contributed by atoms with Gasteiger partial charge >= 0.3 is 17.1 Å². The number of nitrogens with zero attached hydrogens (tertiary/aromatic N) is 2. The van der Waals surface area contributed by atoms with Crippen molar-refractivity contribution in [2.24, 2.45) is 23.7 Å². The second-order valence-corrected chi connectivity index (χ2v) is 17.3. The van der Waals surface area contributed by atoms with E-state index in [0.717, 1.165) is 40.2 Å². The minimum atomic E-state index is -0.582. The van der Waals surface area contributed by atoms with Crippen LogP contribution in [-0.2, 0) is 33.1 Å². The predicted octanol–water partition coefficient (Wildman–Crippen LogP) is 10.9. The topological polar surface area (TPSA) is 25.8 Å². The second kappa shape index (κ2) is 13.5. The number of rotatable bonds is 5. The summed E-state index contributed by atoms with van der Waals surface area (Å²) in [5.74, 6) is 3.29. The molecule has 5 atom stereocenters. The predicted molar refractivity (Wildman–Crippen MR) is 209 cm³/mol. The molecule has 4 fully saturated rings. The Morgan fingerprint density at radius 1 is 0.755 bits per heavy atom. The molecular weight excluding hydrogens is 674 g/mol. The van der Waals surface area contributed by atoms with Crippen molar-refractivity contribution in [2.75, 3.05) is 6.16 Å². The maximum absolute atomic E-state index is 5.41. The standard InChI is InChI=1S/C39H43N2P2.C5H5.Fe/c1-37(2,3)29-19-30(38-21-24-16-25(22-38)18-28(17-24)32(38)23-42)31(20-29)39(43,35-14-12-26-8-4-6-10-33(26)40-35)36-15-13-27-9-5-7-11-34(27)41-36;1-2-4-5-3-1;/h4-15,19-20,24-25,28,32H,16-18,21-23,42-43H2,1-3H3;1-5H;/q2*-1;+2. The molecule has 49 heavy (non-hydrogen) atoms. The van der Waals surface area contributed by atoms with Crippen LogP contribution in [0.5, 0.6) is 0 Å². The number of hydrogen-bond donors (Lipinski definition) is 0. The maximum atomic E-state index is 5.41. The zero-order valence-electron chi connectivity index (χ0n) is 28.9. The fourth-order valence-corrected chi connectivity index (χ4v) is 11.4. The van der Waals surface area contributed by atoms with Crippen LogP contribution >= 0.6 is 18.5 Å². The maximum Gasteiger partial charge on any atom is 2.00 e. The summed E-state index contributed by atoms with van der Waals surface area (Å²) in [5, 5.41) is 1.77. The molecule has 4 aliphatic carbocycles. The van der Waals surface area contributed by atoms with Gasteiger partial charge in [-0.25, -0.2) is 18.2 Å². The average molecular weight is 723 g/mol. The second-order valence-electron chi connectivity index (χ2n) is 16.0. The third-order valence-corrected chi connectivity index (χ3v) is 13.5. The van der Waals surface area contributed by atoms with Gasteiger partial charge in [-0.1, -0.05) is 87.6 Å². The van der Waals surface area contributed by atoms with Crippen molar-refractivity contribution in [1.82, 2.24) is 9.97 Å². The van der Waals surface area contributed by atoms with Gasteiger partial charge in [-0.05, 0) is 78.8 Å². The minimum absolute atomic E-state index is 0. The molecule has 2 heterocycles. The summed E-state index contributed by atoms with van der Waals surface area (Å²) >= 11 is 0. The summed E-state index contributed by atoms with van der Waals surface area (Å²) in [6, 6.07) is 41.2. The first-order chi connectivity index (χ1) is 23.2. The van der Waals surface area contributed by atoms with E-state index >= 15 is 0 Å². The van der Waals surface area contributed by atoms with Crippen LogP contribution in [0.25, 0.3) is 21.8 Å². The van der Waals surface area contributed by atoms with Crippen molar-refractivity contribution in [3.8, 4) is 0 Å². The summed E-state index contributed by atoms with van der Waals surface area (Å²) in [6.07, 6.45) is 8.15. The van der Waals surface area contributed by atoms with Crippen LogP contribution in [0.15, 0.2) is 115 Å². The van der Waals surface area contributed by atoms with Gasteiger partial charge in [-0.2, -0.15) is 35.4 Å². The molecule has 4 bridgehead atoms. The number of pyridine rings is 2. The molecule has 2 aromatic heterocycles. The van der Waals surface area contributed by atoms with E-state index in [4.69, 9.17) is 9.97 Å². The van der Waals surface area contributed by atoms with E-state index in [9.17, 15) is 0 Å². The zero-order chi connectivity index (χ0) is 33.1. The van der Waals surface area contributed by atoms with Gasteiger partial charge in [0.25, 0.3) is 0 Å². The summed E-state index contributed by atoms with van der Waals surface area (Å²) in [5.41, 5.74) is 8.86. The van der Waals surface area contributed by atoms with E-state index < -0.39 is 5.16 Å². The molecule has 252 valence electrons. The molecule has 0 amide bonds. The van der Waals surface area contributed by atoms with E-state index in [1.165, 1.54) is 60.2 Å². The number of aromatic nitrogens is 2. The molecule has 10 rings (SSSR count). The first kappa shape index (κ1) is 34.8. The number of hydrogen-bond acceptors (Lipinski definition) is 2. The largest absolute Gasteiger partial charge is 2.00 e. The normalized spacial score (nSPS) is 24.4. The smallest absolute Gasteiger partial charge is 0.251 e. The third kappa shape index (κ3) is 6.08. The fourth-order valence-electron chi connectivity index (χ4n) is 9.96. The Morgan fingerprint density at radius 3 is 1.80 bits per heavy atom. The minimum Gasteiger partial charge on any atom is -0.251 e. The van der Waals surface area contributed by atoms with Crippen LogP contribution < -0.4 is 0 Å². The summed E-state index contributed by atoms with van der Waals surface area (Å²) < 4.78 is 0. The van der Waals surface area contributed by atoms with Gasteiger partial charge in [-0.3, -0.25) is 9.97 Å². The molecule has 5 heteroatoms. The van der Waals surface area contributed by atoms with Crippen LogP contribution in [0, 0.1) is 23.7 Å². The van der Waals surface area contributed by atoms with Gasteiger partial charge in [0.1, 0.15) is 0 Å². The zero-order valence-corrected chi connectivity index (χ0v) is 32.3. The Labute approximate surface area is 307 Å². The van der Waals surface area contributed by atoms with E-state index in [-0.39, 0.29) is 27.9 Å².